The molecule has 1 rings (SSSR count). The van der Waals surface area contributed by atoms with Gasteiger partial charge >= 0.3 is 0 Å². The first kappa shape index (κ1) is 16.8. The lowest BCUT2D eigenvalue weighted by molar-refractivity contribution is -0.138. The Morgan fingerprint density at radius 1 is 1.28 bits per heavy atom. The van der Waals surface area contributed by atoms with Crippen molar-refractivity contribution < 1.29 is 14.4 Å². The van der Waals surface area contributed by atoms with Crippen molar-refractivity contribution in [3.8, 4) is 0 Å². The van der Waals surface area contributed by atoms with Gasteiger partial charge in [-0.3, -0.25) is 14.5 Å². The van der Waals surface area contributed by atoms with Gasteiger partial charge < -0.3 is 10.5 Å². The minimum atomic E-state index is -0.648. The second-order valence-electron chi connectivity index (χ2n) is 4.21. The van der Waals surface area contributed by atoms with E-state index < -0.39 is 6.04 Å². The second kappa shape index (κ2) is 8.80. The lowest BCUT2D eigenvalue weighted by Gasteiger charge is -2.13. The minimum Gasteiger partial charge on any atom is -0.319 e. The van der Waals surface area contributed by atoms with Crippen molar-refractivity contribution in [2.45, 2.75) is 58.9 Å². The summed E-state index contributed by atoms with van der Waals surface area (Å²) in [7, 11) is 0. The maximum Gasteiger partial charge on any atom is 0.246 e. The van der Waals surface area contributed by atoms with E-state index in [1.54, 1.807) is 6.92 Å². The molecule has 1 atom stereocenters. The molecule has 0 bridgehead atoms. The molecule has 5 heteroatoms. The third-order valence-corrected chi connectivity index (χ3v) is 2.69. The molecule has 5 nitrogen and oxygen atoms in total. The van der Waals surface area contributed by atoms with E-state index in [2.05, 4.69) is 0 Å². The van der Waals surface area contributed by atoms with Crippen LogP contribution in [-0.2, 0) is 14.4 Å². The Hall–Kier alpha value is -1.23. The van der Waals surface area contributed by atoms with Crippen LogP contribution < -0.4 is 5.73 Å². The van der Waals surface area contributed by atoms with Crippen molar-refractivity contribution in [1.82, 2.24) is 4.90 Å². The molecular weight excluding hydrogens is 232 g/mol. The van der Waals surface area contributed by atoms with Crippen LogP contribution in [-0.4, -0.2) is 35.1 Å². The van der Waals surface area contributed by atoms with Crippen molar-refractivity contribution in [2.75, 3.05) is 6.54 Å². The summed E-state index contributed by atoms with van der Waals surface area (Å²) in [5.74, 6) is -0.268. The zero-order valence-electron chi connectivity index (χ0n) is 11.6. The molecule has 18 heavy (non-hydrogen) atoms. The Balaban J connectivity index is 0.00000137. The van der Waals surface area contributed by atoms with Gasteiger partial charge in [-0.05, 0) is 19.8 Å². The van der Waals surface area contributed by atoms with Gasteiger partial charge in [0, 0.05) is 13.0 Å². The molecule has 1 aliphatic heterocycles. The quantitative estimate of drug-likeness (QED) is 0.573. The summed E-state index contributed by atoms with van der Waals surface area (Å²) in [5, 5.41) is 0. The number of unbranched alkanes of at least 4 members (excludes halogenated alkanes) is 2. The van der Waals surface area contributed by atoms with Crippen LogP contribution in [0.5, 0.6) is 0 Å². The maximum absolute atomic E-state index is 11.4. The summed E-state index contributed by atoms with van der Waals surface area (Å²) in [6.07, 6.45) is 3.12. The first-order valence-electron chi connectivity index (χ1n) is 6.61. The smallest absolute Gasteiger partial charge is 0.246 e. The summed E-state index contributed by atoms with van der Waals surface area (Å²) < 4.78 is 0. The molecule has 0 aliphatic carbocycles. The summed E-state index contributed by atoms with van der Waals surface area (Å²) in [5.41, 5.74) is 5.47. The lowest BCUT2D eigenvalue weighted by atomic mass is 10.1. The fourth-order valence-electron chi connectivity index (χ4n) is 1.76. The van der Waals surface area contributed by atoms with Crippen molar-refractivity contribution >= 4 is 17.6 Å². The van der Waals surface area contributed by atoms with E-state index in [-0.39, 0.29) is 24.0 Å². The molecule has 1 saturated heterocycles. The molecule has 2 N–H and O–H groups in total. The summed E-state index contributed by atoms with van der Waals surface area (Å²) in [4.78, 5) is 34.7. The van der Waals surface area contributed by atoms with Crippen molar-refractivity contribution in [1.29, 1.82) is 0 Å². The number of likely N-dealkylation sites (tertiary alicyclic amines) is 1. The van der Waals surface area contributed by atoms with Gasteiger partial charge in [-0.25, -0.2) is 0 Å². The van der Waals surface area contributed by atoms with Crippen LogP contribution in [0.15, 0.2) is 0 Å². The number of ketones is 1. The third-order valence-electron chi connectivity index (χ3n) is 2.69. The standard InChI is InChI=1S/C11H18N2O3.C2H6/c1-8(14)5-3-2-4-6-13-10(15)7-9(12)11(13)16;1-2/h9H,2-7,12H2,1H3;1-2H3. The van der Waals surface area contributed by atoms with Gasteiger partial charge in [0.2, 0.25) is 11.8 Å². The molecule has 0 aromatic carbocycles. The molecule has 0 spiro atoms. The van der Waals surface area contributed by atoms with E-state index >= 15 is 0 Å². The second-order valence-corrected chi connectivity index (χ2v) is 4.21. The predicted molar refractivity (Wildman–Crippen MR) is 69.8 cm³/mol. The van der Waals surface area contributed by atoms with Gasteiger partial charge in [-0.1, -0.05) is 20.3 Å². The van der Waals surface area contributed by atoms with Crippen LogP contribution in [0.4, 0.5) is 0 Å². The zero-order chi connectivity index (χ0) is 14.1. The van der Waals surface area contributed by atoms with Crippen LogP contribution in [0.25, 0.3) is 0 Å². The Morgan fingerprint density at radius 3 is 2.33 bits per heavy atom. The van der Waals surface area contributed by atoms with E-state index in [0.717, 1.165) is 19.3 Å². The molecular formula is C13H24N2O3. The Morgan fingerprint density at radius 2 is 1.89 bits per heavy atom. The van der Waals surface area contributed by atoms with Crippen molar-refractivity contribution in [3.63, 3.8) is 0 Å². The highest BCUT2D eigenvalue weighted by Crippen LogP contribution is 2.12. The number of hydrogen-bond donors (Lipinski definition) is 1. The van der Waals surface area contributed by atoms with Gasteiger partial charge in [0.15, 0.2) is 0 Å². The summed E-state index contributed by atoms with van der Waals surface area (Å²) in [6, 6.07) is -0.648. The summed E-state index contributed by atoms with van der Waals surface area (Å²) in [6.45, 7) is 6.00. The number of amides is 2. The number of nitrogens with two attached hydrogens (primary N) is 1. The Kier molecular flexibility index (Phi) is 8.20. The van der Waals surface area contributed by atoms with Crippen LogP contribution in [0.1, 0.15) is 52.9 Å². The third kappa shape index (κ3) is 5.40. The molecule has 1 fully saturated rings. The van der Waals surface area contributed by atoms with Gasteiger partial charge in [-0.2, -0.15) is 0 Å². The van der Waals surface area contributed by atoms with Gasteiger partial charge in [0.25, 0.3) is 0 Å². The number of rotatable bonds is 6. The first-order valence-corrected chi connectivity index (χ1v) is 6.61. The molecule has 0 saturated carbocycles. The van der Waals surface area contributed by atoms with Crippen molar-refractivity contribution in [2.24, 2.45) is 5.73 Å². The highest BCUT2D eigenvalue weighted by Gasteiger charge is 2.35. The fourth-order valence-corrected chi connectivity index (χ4v) is 1.76. The average Bonchev–Trinajstić information content (AvgIpc) is 2.57. The zero-order valence-corrected chi connectivity index (χ0v) is 11.6. The fraction of sp³-hybridized carbons (Fsp3) is 0.769. The van der Waals surface area contributed by atoms with Crippen LogP contribution in [0.2, 0.25) is 0 Å². The van der Waals surface area contributed by atoms with E-state index in [9.17, 15) is 14.4 Å². The molecule has 0 radical (unpaired) electrons. The molecule has 0 aromatic heterocycles. The molecule has 0 aromatic rings. The summed E-state index contributed by atoms with van der Waals surface area (Å²) >= 11 is 0. The number of Topliss-reactive ketones (excluding diaryl/α,β-unsaturated/α-hetero) is 1. The van der Waals surface area contributed by atoms with E-state index in [0.29, 0.717) is 13.0 Å². The Labute approximate surface area is 109 Å². The van der Waals surface area contributed by atoms with Crippen LogP contribution in [0, 0.1) is 0 Å². The van der Waals surface area contributed by atoms with E-state index in [1.165, 1.54) is 4.90 Å². The lowest BCUT2D eigenvalue weighted by Crippen LogP contribution is -2.35. The molecule has 2 amide bonds. The highest BCUT2D eigenvalue weighted by molar-refractivity contribution is 6.05. The normalized spacial score (nSPS) is 18.7. The predicted octanol–water partition coefficient (Wildman–Crippen LogP) is 1.25. The topological polar surface area (TPSA) is 80.5 Å². The SMILES string of the molecule is CC.CC(=O)CCCCCN1C(=O)CC(N)C1=O. The van der Waals surface area contributed by atoms with E-state index in [4.69, 9.17) is 5.73 Å². The highest BCUT2D eigenvalue weighted by atomic mass is 16.2. The van der Waals surface area contributed by atoms with E-state index in [1.807, 2.05) is 13.8 Å². The number of carbonyl (C=O) groups is 3. The van der Waals surface area contributed by atoms with Gasteiger partial charge in [-0.15, -0.1) is 0 Å². The maximum atomic E-state index is 11.4. The molecule has 1 heterocycles. The number of imide groups is 1. The van der Waals surface area contributed by atoms with Crippen LogP contribution in [0.3, 0.4) is 0 Å². The number of carbonyl (C=O) groups excluding carboxylic acids is 3. The van der Waals surface area contributed by atoms with Gasteiger partial charge in [0.05, 0.1) is 12.5 Å². The Bertz CT molecular complexity index is 303. The first-order chi connectivity index (χ1) is 8.52. The van der Waals surface area contributed by atoms with Crippen molar-refractivity contribution in [3.05, 3.63) is 0 Å². The average molecular weight is 256 g/mol. The molecule has 1 unspecified atom stereocenters. The monoisotopic (exact) mass is 256 g/mol. The largest absolute Gasteiger partial charge is 0.319 e. The minimum absolute atomic E-state index is 0.131. The molecule has 1 aliphatic rings. The number of hydrogen-bond acceptors (Lipinski definition) is 4. The van der Waals surface area contributed by atoms with Crippen LogP contribution >= 0.6 is 0 Å². The molecule has 104 valence electrons. The number of nitrogens with zero attached hydrogens (tertiary/aromatic N) is 1. The van der Waals surface area contributed by atoms with Gasteiger partial charge in [0.1, 0.15) is 5.78 Å².